The molecule has 4 heteroatoms. The van der Waals surface area contributed by atoms with E-state index in [4.69, 9.17) is 0 Å². The Morgan fingerprint density at radius 3 is 0.750 bits per heavy atom. The van der Waals surface area contributed by atoms with E-state index in [9.17, 15) is 0 Å². The van der Waals surface area contributed by atoms with Gasteiger partial charge in [-0.2, -0.15) is 0 Å². The molecule has 0 spiro atoms. The summed E-state index contributed by atoms with van der Waals surface area (Å²) in [5.74, 6) is 0. The van der Waals surface area contributed by atoms with Gasteiger partial charge in [-0.25, -0.2) is 0 Å². The van der Waals surface area contributed by atoms with Crippen molar-refractivity contribution in [3.8, 4) is 0 Å². The van der Waals surface area contributed by atoms with Crippen molar-refractivity contribution in [2.24, 2.45) is 0 Å². The van der Waals surface area contributed by atoms with Gasteiger partial charge in [-0.15, -0.1) is 0 Å². The van der Waals surface area contributed by atoms with Crippen LogP contribution in [-0.2, 0) is 11.0 Å². The fraction of sp³-hybridized carbons (Fsp3) is 0. The van der Waals surface area contributed by atoms with Crippen molar-refractivity contribution in [1.29, 1.82) is 0 Å². The molecule has 0 radical (unpaired) electrons. The van der Waals surface area contributed by atoms with Crippen molar-refractivity contribution >= 4 is 23.9 Å². The van der Waals surface area contributed by atoms with E-state index in [1.165, 1.54) is 0 Å². The monoisotopic (exact) mass is 388 g/mol. The molecule has 0 aromatic heterocycles. The van der Waals surface area contributed by atoms with Crippen molar-refractivity contribution in [2.45, 2.75) is 0 Å². The Labute approximate surface area is 64.2 Å². The molecule has 0 fully saturated rings. The molecule has 0 aliphatic carbocycles. The fourth-order valence-electron chi connectivity index (χ4n) is 0. The van der Waals surface area contributed by atoms with Gasteiger partial charge in [0.1, 0.15) is 0 Å². The van der Waals surface area contributed by atoms with Gasteiger partial charge in [-0.05, 0) is 0 Å². The largest absolute Gasteiger partial charge is 5.00 e. The molecule has 0 saturated heterocycles. The second-order valence-corrected chi connectivity index (χ2v) is 0. The van der Waals surface area contributed by atoms with Crippen LogP contribution in [0.5, 0.6) is 0 Å². The third-order valence-electron chi connectivity index (χ3n) is 0. The zero-order valence-electron chi connectivity index (χ0n) is 1.76. The molecule has 0 bridgehead atoms. The molecule has 0 amide bonds. The Hall–Kier alpha value is 1.73. The van der Waals surface area contributed by atoms with Crippen molar-refractivity contribution in [3.63, 3.8) is 0 Å². The normalized spacial score (nSPS) is 0. The van der Waals surface area contributed by atoms with Crippen LogP contribution < -0.4 is 0 Å². The Bertz CT molecular complexity index is 6.00. The van der Waals surface area contributed by atoms with E-state index in [-0.39, 0.29) is 64.8 Å². The van der Waals surface area contributed by atoms with E-state index in [2.05, 4.69) is 0 Å². The van der Waals surface area contributed by atoms with Gasteiger partial charge in [0.25, 0.3) is 0 Å². The van der Waals surface area contributed by atoms with Crippen LogP contribution in [0.25, 0.3) is 0 Å². The van der Waals surface area contributed by atoms with E-state index < -0.39 is 0 Å². The minimum Gasteiger partial charge on any atom is -2.00 e. The quantitative estimate of drug-likeness (QED) is 0.498. The van der Waals surface area contributed by atoms with Gasteiger partial charge < -0.3 is 11.0 Å². The van der Waals surface area contributed by atoms with Gasteiger partial charge in [0.15, 0.2) is 0 Å². The third-order valence-corrected chi connectivity index (χ3v) is 0. The van der Waals surface area contributed by atoms with Gasteiger partial charge >= 0.3 is 53.9 Å². The summed E-state index contributed by atoms with van der Waals surface area (Å²) >= 11 is 0. The van der Waals surface area contributed by atoms with Gasteiger partial charge in [-0.1, -0.05) is 0 Å². The van der Waals surface area contributed by atoms with E-state index in [1.54, 1.807) is 0 Å². The summed E-state index contributed by atoms with van der Waals surface area (Å²) in [7, 11) is 0. The molecule has 0 aromatic carbocycles. The van der Waals surface area contributed by atoms with Crippen LogP contribution in [-0.4, -0.2) is 23.9 Å². The Kier molecular flexibility index (Phi) is 235. The van der Waals surface area contributed by atoms with Crippen LogP contribution in [0, 0.1) is 29.9 Å². The SMILES string of the molecule is [Np+5].[O-2].[O-2].[Sn+4]. The van der Waals surface area contributed by atoms with Crippen molar-refractivity contribution in [2.75, 3.05) is 0 Å². The smallest absolute Gasteiger partial charge is 2.00 e. The van der Waals surface area contributed by atoms with Crippen LogP contribution in [0.3, 0.4) is 0 Å². The number of hydrogen-bond donors (Lipinski definition) is 0. The van der Waals surface area contributed by atoms with Crippen LogP contribution in [0.1, 0.15) is 0 Å². The van der Waals surface area contributed by atoms with E-state index in [1.807, 2.05) is 0 Å². The van der Waals surface area contributed by atoms with Gasteiger partial charge in [0.05, 0.1) is 0 Å². The zero-order chi connectivity index (χ0) is 0. The average molecular weight is 388 g/mol. The molecule has 4 heavy (non-hydrogen) atoms. The molecule has 0 aliphatic heterocycles. The molecule has 0 saturated carbocycles. The average Bonchev–Trinajstić information content (AvgIpc) is 0. The summed E-state index contributed by atoms with van der Waals surface area (Å²) in [6.45, 7) is 0. The fourth-order valence-corrected chi connectivity index (χ4v) is 0. The molecule has 0 N–H and O–H groups in total. The molecule has 0 aliphatic rings. The molecule has 2 nitrogen and oxygen atoms in total. The topological polar surface area (TPSA) is 57.0 Å². The summed E-state index contributed by atoms with van der Waals surface area (Å²) in [6, 6.07) is 0. The van der Waals surface area contributed by atoms with Crippen LogP contribution >= 0.6 is 0 Å². The minimum absolute atomic E-state index is 0. The van der Waals surface area contributed by atoms with Crippen LogP contribution in [0.2, 0.25) is 0 Å². The maximum Gasteiger partial charge on any atom is 5.00 e. The van der Waals surface area contributed by atoms with Crippen LogP contribution in [0.4, 0.5) is 0 Å². The third kappa shape index (κ3) is 9.29. The molecular weight excluding hydrogens is 388 g/mol. The van der Waals surface area contributed by atoms with Crippen molar-refractivity contribution in [1.82, 2.24) is 0 Å². The molecule has 0 atom stereocenters. The van der Waals surface area contributed by atoms with E-state index >= 15 is 0 Å². The summed E-state index contributed by atoms with van der Waals surface area (Å²) in [5, 5.41) is 0. The van der Waals surface area contributed by atoms with Crippen molar-refractivity contribution in [3.05, 3.63) is 0 Å². The second-order valence-electron chi connectivity index (χ2n) is 0. The zero-order valence-corrected chi connectivity index (χ0v) is 8.34. The molecule has 16 valence electrons. The summed E-state index contributed by atoms with van der Waals surface area (Å²) in [4.78, 5) is 0. The summed E-state index contributed by atoms with van der Waals surface area (Å²) < 4.78 is 0. The maximum atomic E-state index is 0. The second kappa shape index (κ2) is 22.0. The van der Waals surface area contributed by atoms with Crippen molar-refractivity contribution < 1.29 is 40.9 Å². The molecule has 0 heterocycles. The first-order valence-corrected chi connectivity index (χ1v) is 0. The van der Waals surface area contributed by atoms with Crippen LogP contribution in [0.15, 0.2) is 0 Å². The molecular formula is NpO2Sn+5. The predicted molar refractivity (Wildman–Crippen MR) is 7.13 cm³/mol. The number of hydrogen-bond acceptors (Lipinski definition) is 0. The minimum atomic E-state index is 0. The standard InChI is InChI=1S/Np.2O.Sn/q+5;2*-2;+4. The van der Waals surface area contributed by atoms with Gasteiger partial charge in [0, 0.05) is 0 Å². The Morgan fingerprint density at radius 2 is 0.750 bits per heavy atom. The Morgan fingerprint density at radius 1 is 0.750 bits per heavy atom. The molecule has 0 unspecified atom stereocenters. The van der Waals surface area contributed by atoms with E-state index in [0.29, 0.717) is 0 Å². The first-order valence-electron chi connectivity index (χ1n) is 0. The Balaban J connectivity index is 0. The summed E-state index contributed by atoms with van der Waals surface area (Å²) in [5.41, 5.74) is 0. The first-order chi connectivity index (χ1) is 0. The first kappa shape index (κ1) is 42.8. The predicted octanol–water partition coefficient (Wildman–Crippen LogP) is -0.618. The van der Waals surface area contributed by atoms with E-state index in [0.717, 1.165) is 0 Å². The van der Waals surface area contributed by atoms with Gasteiger partial charge in [0.2, 0.25) is 0 Å². The maximum absolute atomic E-state index is 0. The molecule has 0 aromatic rings. The summed E-state index contributed by atoms with van der Waals surface area (Å²) in [6.07, 6.45) is 0. The number of rotatable bonds is 0. The molecule has 0 rings (SSSR count). The van der Waals surface area contributed by atoms with Gasteiger partial charge in [-0.3, -0.25) is 0 Å².